The molecular weight excluding hydrogens is 220 g/mol. The number of aliphatic hydroxyl groups excluding tert-OH is 1. The van der Waals surface area contributed by atoms with Crippen molar-refractivity contribution in [3.63, 3.8) is 0 Å². The van der Waals surface area contributed by atoms with Crippen LogP contribution in [-0.2, 0) is 6.42 Å². The van der Waals surface area contributed by atoms with Crippen molar-refractivity contribution < 1.29 is 9.84 Å². The molecule has 0 aromatic heterocycles. The molecule has 0 spiro atoms. The van der Waals surface area contributed by atoms with Gasteiger partial charge in [-0.3, -0.25) is 0 Å². The SMILES string of the molecule is CCc1cc(C(O)CCSC)ccc1OC. The van der Waals surface area contributed by atoms with E-state index in [1.807, 2.05) is 18.2 Å². The van der Waals surface area contributed by atoms with E-state index in [0.29, 0.717) is 0 Å². The highest BCUT2D eigenvalue weighted by Gasteiger charge is 2.09. The second-order valence-corrected chi connectivity index (χ2v) is 4.71. The summed E-state index contributed by atoms with van der Waals surface area (Å²) in [4.78, 5) is 0. The Hall–Kier alpha value is -0.670. The van der Waals surface area contributed by atoms with Gasteiger partial charge in [-0.05, 0) is 48.1 Å². The van der Waals surface area contributed by atoms with Crippen LogP contribution < -0.4 is 4.74 Å². The van der Waals surface area contributed by atoms with Gasteiger partial charge in [0, 0.05) is 0 Å². The highest BCUT2D eigenvalue weighted by atomic mass is 32.2. The average molecular weight is 240 g/mol. The molecule has 0 saturated carbocycles. The number of aryl methyl sites for hydroxylation is 1. The first-order valence-corrected chi connectivity index (χ1v) is 6.96. The van der Waals surface area contributed by atoms with Gasteiger partial charge in [0.1, 0.15) is 5.75 Å². The molecule has 1 rings (SSSR count). The Labute approximate surface area is 102 Å². The summed E-state index contributed by atoms with van der Waals surface area (Å²) in [6, 6.07) is 5.93. The van der Waals surface area contributed by atoms with Crippen molar-refractivity contribution in [2.24, 2.45) is 0 Å². The van der Waals surface area contributed by atoms with E-state index in [2.05, 4.69) is 13.2 Å². The van der Waals surface area contributed by atoms with Gasteiger partial charge in [0.15, 0.2) is 0 Å². The van der Waals surface area contributed by atoms with Crippen molar-refractivity contribution in [3.05, 3.63) is 29.3 Å². The third-order valence-corrected chi connectivity index (χ3v) is 3.31. The van der Waals surface area contributed by atoms with Crippen molar-refractivity contribution in [1.29, 1.82) is 0 Å². The maximum atomic E-state index is 9.98. The summed E-state index contributed by atoms with van der Waals surface area (Å²) < 4.78 is 5.27. The zero-order valence-corrected chi connectivity index (χ0v) is 11.0. The van der Waals surface area contributed by atoms with Gasteiger partial charge in [0.05, 0.1) is 13.2 Å². The first-order chi connectivity index (χ1) is 7.72. The predicted octanol–water partition coefficient (Wildman–Crippen LogP) is 3.04. The molecule has 0 heterocycles. The van der Waals surface area contributed by atoms with Gasteiger partial charge in [-0.25, -0.2) is 0 Å². The van der Waals surface area contributed by atoms with Crippen molar-refractivity contribution in [1.82, 2.24) is 0 Å². The predicted molar refractivity (Wildman–Crippen MR) is 70.3 cm³/mol. The summed E-state index contributed by atoms with van der Waals surface area (Å²) in [5.74, 6) is 1.89. The van der Waals surface area contributed by atoms with Crippen molar-refractivity contribution in [2.45, 2.75) is 25.9 Å². The minimum absolute atomic E-state index is 0.358. The van der Waals surface area contributed by atoms with Gasteiger partial charge in [0.2, 0.25) is 0 Å². The number of hydrogen-bond donors (Lipinski definition) is 1. The number of rotatable bonds is 6. The Bertz CT molecular complexity index is 326. The Kier molecular flexibility index (Phi) is 5.71. The molecule has 0 bridgehead atoms. The zero-order valence-electron chi connectivity index (χ0n) is 10.2. The van der Waals surface area contributed by atoms with Crippen molar-refractivity contribution in [2.75, 3.05) is 19.1 Å². The van der Waals surface area contributed by atoms with E-state index in [0.717, 1.165) is 35.5 Å². The highest BCUT2D eigenvalue weighted by Crippen LogP contribution is 2.25. The van der Waals surface area contributed by atoms with Gasteiger partial charge >= 0.3 is 0 Å². The summed E-state index contributed by atoms with van der Waals surface area (Å²) in [7, 11) is 1.68. The third-order valence-electron chi connectivity index (χ3n) is 2.67. The number of hydrogen-bond acceptors (Lipinski definition) is 3. The largest absolute Gasteiger partial charge is 0.496 e. The van der Waals surface area contributed by atoms with Crippen LogP contribution in [0, 0.1) is 0 Å². The number of methoxy groups -OCH3 is 1. The number of benzene rings is 1. The first-order valence-electron chi connectivity index (χ1n) is 5.56. The average Bonchev–Trinajstić information content (AvgIpc) is 2.34. The standard InChI is InChI=1S/C13H20O2S/c1-4-10-9-11(5-6-13(10)15-2)12(14)7-8-16-3/h5-6,9,12,14H,4,7-8H2,1-3H3. The van der Waals surface area contributed by atoms with E-state index < -0.39 is 0 Å². The van der Waals surface area contributed by atoms with E-state index >= 15 is 0 Å². The highest BCUT2D eigenvalue weighted by molar-refractivity contribution is 7.98. The normalized spacial score (nSPS) is 12.5. The minimum atomic E-state index is -0.358. The van der Waals surface area contributed by atoms with Gasteiger partial charge < -0.3 is 9.84 Å². The van der Waals surface area contributed by atoms with E-state index in [1.165, 1.54) is 0 Å². The summed E-state index contributed by atoms with van der Waals surface area (Å²) in [5, 5.41) is 9.98. The molecule has 0 aliphatic rings. The Morgan fingerprint density at radius 2 is 2.19 bits per heavy atom. The third kappa shape index (κ3) is 3.42. The molecule has 1 aromatic rings. The molecule has 1 aromatic carbocycles. The molecule has 0 saturated heterocycles. The lowest BCUT2D eigenvalue weighted by Gasteiger charge is -2.13. The van der Waals surface area contributed by atoms with E-state index in [9.17, 15) is 5.11 Å². The van der Waals surface area contributed by atoms with Crippen LogP contribution in [0.1, 0.15) is 30.6 Å². The van der Waals surface area contributed by atoms with Crippen LogP contribution in [0.2, 0.25) is 0 Å². The molecule has 90 valence electrons. The van der Waals surface area contributed by atoms with Crippen molar-refractivity contribution in [3.8, 4) is 5.75 Å². The zero-order chi connectivity index (χ0) is 12.0. The maximum Gasteiger partial charge on any atom is 0.122 e. The molecule has 16 heavy (non-hydrogen) atoms. The summed E-state index contributed by atoms with van der Waals surface area (Å²) in [6.45, 7) is 2.09. The second-order valence-electron chi connectivity index (χ2n) is 3.72. The molecule has 1 unspecified atom stereocenters. The van der Waals surface area contributed by atoms with Crippen LogP contribution in [0.4, 0.5) is 0 Å². The molecule has 1 atom stereocenters. The van der Waals surface area contributed by atoms with Crippen LogP contribution in [0.15, 0.2) is 18.2 Å². The van der Waals surface area contributed by atoms with E-state index in [4.69, 9.17) is 4.74 Å². The quantitative estimate of drug-likeness (QED) is 0.828. The number of thioether (sulfide) groups is 1. The van der Waals surface area contributed by atoms with Crippen molar-refractivity contribution >= 4 is 11.8 Å². The molecule has 1 N–H and O–H groups in total. The lowest BCUT2D eigenvalue weighted by atomic mass is 10.0. The van der Waals surface area contributed by atoms with E-state index in [1.54, 1.807) is 18.9 Å². The lowest BCUT2D eigenvalue weighted by molar-refractivity contribution is 0.175. The summed E-state index contributed by atoms with van der Waals surface area (Å²) in [5.41, 5.74) is 2.15. The van der Waals surface area contributed by atoms with Crippen LogP contribution >= 0.6 is 11.8 Å². The van der Waals surface area contributed by atoms with Gasteiger partial charge in [-0.2, -0.15) is 11.8 Å². The number of aliphatic hydroxyl groups is 1. The van der Waals surface area contributed by atoms with Gasteiger partial charge in [-0.15, -0.1) is 0 Å². The molecule has 0 radical (unpaired) electrons. The van der Waals surface area contributed by atoms with Crippen LogP contribution in [0.5, 0.6) is 5.75 Å². The fraction of sp³-hybridized carbons (Fsp3) is 0.538. The Morgan fingerprint density at radius 1 is 1.44 bits per heavy atom. The second kappa shape index (κ2) is 6.81. The van der Waals surface area contributed by atoms with Crippen LogP contribution in [0.25, 0.3) is 0 Å². The lowest BCUT2D eigenvalue weighted by Crippen LogP contribution is -2.01. The van der Waals surface area contributed by atoms with Gasteiger partial charge in [0.25, 0.3) is 0 Å². The van der Waals surface area contributed by atoms with Crippen LogP contribution in [0.3, 0.4) is 0 Å². The summed E-state index contributed by atoms with van der Waals surface area (Å²) >= 11 is 1.76. The molecule has 0 aliphatic carbocycles. The van der Waals surface area contributed by atoms with Crippen LogP contribution in [-0.4, -0.2) is 24.2 Å². The topological polar surface area (TPSA) is 29.5 Å². The monoisotopic (exact) mass is 240 g/mol. The number of ether oxygens (including phenoxy) is 1. The minimum Gasteiger partial charge on any atom is -0.496 e. The molecule has 0 aliphatic heterocycles. The Balaban J connectivity index is 2.81. The fourth-order valence-corrected chi connectivity index (χ4v) is 2.14. The molecule has 2 nitrogen and oxygen atoms in total. The molecular formula is C13H20O2S. The Morgan fingerprint density at radius 3 is 2.75 bits per heavy atom. The molecule has 0 amide bonds. The molecule has 0 fully saturated rings. The fourth-order valence-electron chi connectivity index (χ4n) is 1.68. The van der Waals surface area contributed by atoms with Gasteiger partial charge in [-0.1, -0.05) is 13.0 Å². The summed E-state index contributed by atoms with van der Waals surface area (Å²) in [6.07, 6.45) is 3.42. The first kappa shape index (κ1) is 13.4. The van der Waals surface area contributed by atoms with E-state index in [-0.39, 0.29) is 6.10 Å². The maximum absolute atomic E-state index is 9.98. The molecule has 3 heteroatoms. The smallest absolute Gasteiger partial charge is 0.122 e.